The second-order valence-electron chi connectivity index (χ2n) is 9.49. The van der Waals surface area contributed by atoms with Crippen molar-refractivity contribution in [3.63, 3.8) is 0 Å². The average Bonchev–Trinajstić information content (AvgIpc) is 2.84. The Hall–Kier alpha value is -0.420. The number of hydrogen-bond acceptors (Lipinski definition) is 4. The van der Waals surface area contributed by atoms with Gasteiger partial charge in [-0.05, 0) is 86.0 Å². The van der Waals surface area contributed by atoms with E-state index < -0.39 is 6.10 Å². The van der Waals surface area contributed by atoms with E-state index >= 15 is 0 Å². The summed E-state index contributed by atoms with van der Waals surface area (Å²) in [6.45, 7) is 9.83. The molecule has 3 saturated carbocycles. The summed E-state index contributed by atoms with van der Waals surface area (Å²) in [5.74, 6) is 1.67. The van der Waals surface area contributed by atoms with Crippen LogP contribution in [-0.4, -0.2) is 40.7 Å². The number of nitrogens with two attached hydrogens (primary N) is 1. The number of rotatable bonds is 4. The summed E-state index contributed by atoms with van der Waals surface area (Å²) in [7, 11) is 0. The van der Waals surface area contributed by atoms with Crippen molar-refractivity contribution in [2.24, 2.45) is 40.2 Å². The van der Waals surface area contributed by atoms with Crippen LogP contribution in [-0.2, 0) is 0 Å². The van der Waals surface area contributed by atoms with Gasteiger partial charge in [0.1, 0.15) is 0 Å². The van der Waals surface area contributed by atoms with E-state index in [1.165, 1.54) is 5.57 Å². The third-order valence-electron chi connectivity index (χ3n) is 8.46. The van der Waals surface area contributed by atoms with E-state index in [1.54, 1.807) is 0 Å². The molecular formula is C21H37NO3. The lowest BCUT2D eigenvalue weighted by Crippen LogP contribution is -2.52. The van der Waals surface area contributed by atoms with E-state index in [0.717, 1.165) is 38.5 Å². The van der Waals surface area contributed by atoms with Crippen LogP contribution in [0, 0.1) is 34.5 Å². The molecule has 144 valence electrons. The molecule has 0 aromatic rings. The molecule has 0 amide bonds. The molecule has 4 nitrogen and oxygen atoms in total. The SMILES string of the molecule is C=C1C(CN)CC2[C@H](CCO)C(C3(C)CCC(O)CC3O)CCC12C. The Morgan fingerprint density at radius 2 is 1.84 bits per heavy atom. The van der Waals surface area contributed by atoms with Crippen LogP contribution in [0.2, 0.25) is 0 Å². The van der Waals surface area contributed by atoms with Crippen LogP contribution in [0.4, 0.5) is 0 Å². The van der Waals surface area contributed by atoms with Gasteiger partial charge in [-0.25, -0.2) is 0 Å². The quantitative estimate of drug-likeness (QED) is 0.586. The molecule has 0 spiro atoms. The Morgan fingerprint density at radius 1 is 1.12 bits per heavy atom. The summed E-state index contributed by atoms with van der Waals surface area (Å²) in [4.78, 5) is 0. The maximum atomic E-state index is 10.8. The predicted octanol–water partition coefficient (Wildman–Crippen LogP) is 2.46. The van der Waals surface area contributed by atoms with Crippen LogP contribution in [0.5, 0.6) is 0 Å². The maximum Gasteiger partial charge on any atom is 0.0621 e. The van der Waals surface area contributed by atoms with Gasteiger partial charge in [0.15, 0.2) is 0 Å². The van der Waals surface area contributed by atoms with Crippen LogP contribution in [0.25, 0.3) is 0 Å². The highest BCUT2D eigenvalue weighted by atomic mass is 16.3. The first-order valence-electron chi connectivity index (χ1n) is 10.1. The molecule has 7 unspecified atom stereocenters. The van der Waals surface area contributed by atoms with Crippen molar-refractivity contribution in [2.75, 3.05) is 13.2 Å². The number of aliphatic hydroxyl groups excluding tert-OH is 3. The second-order valence-corrected chi connectivity index (χ2v) is 9.49. The van der Waals surface area contributed by atoms with Gasteiger partial charge in [0.25, 0.3) is 0 Å². The lowest BCUT2D eigenvalue weighted by Gasteiger charge is -2.55. The van der Waals surface area contributed by atoms with Gasteiger partial charge in [-0.3, -0.25) is 0 Å². The van der Waals surface area contributed by atoms with Crippen molar-refractivity contribution < 1.29 is 15.3 Å². The zero-order valence-corrected chi connectivity index (χ0v) is 16.0. The third-order valence-corrected chi connectivity index (χ3v) is 8.46. The van der Waals surface area contributed by atoms with Crippen LogP contribution < -0.4 is 5.73 Å². The highest BCUT2D eigenvalue weighted by Crippen LogP contribution is 2.64. The molecule has 0 aromatic carbocycles. The molecule has 3 aliphatic carbocycles. The summed E-state index contributed by atoms with van der Waals surface area (Å²) in [6, 6.07) is 0. The summed E-state index contributed by atoms with van der Waals surface area (Å²) in [6.07, 6.45) is 5.33. The van der Waals surface area contributed by atoms with E-state index in [4.69, 9.17) is 5.73 Å². The van der Waals surface area contributed by atoms with E-state index in [1.807, 2.05) is 0 Å². The molecular weight excluding hydrogens is 314 g/mol. The molecule has 8 atom stereocenters. The lowest BCUT2D eigenvalue weighted by molar-refractivity contribution is -0.122. The standard InChI is InChI=1S/C21H37NO3/c1-13-14(12-22)10-18-16(6-9-23)17(5-8-20(13,18)2)21(3)7-4-15(24)11-19(21)25/h14-19,23-25H,1,4-12,22H2,2-3H3/t14?,15?,16-,17?,18?,19?,20?,21?/m1/s1. The Bertz CT molecular complexity index is 509. The number of fused-ring (bicyclic) bond motifs is 1. The molecule has 0 saturated heterocycles. The van der Waals surface area contributed by atoms with Gasteiger partial charge in [0.05, 0.1) is 12.2 Å². The molecule has 5 N–H and O–H groups in total. The highest BCUT2D eigenvalue weighted by molar-refractivity contribution is 5.24. The van der Waals surface area contributed by atoms with Crippen LogP contribution in [0.15, 0.2) is 12.2 Å². The van der Waals surface area contributed by atoms with Gasteiger partial charge in [0.2, 0.25) is 0 Å². The lowest BCUT2D eigenvalue weighted by atomic mass is 9.50. The van der Waals surface area contributed by atoms with E-state index in [-0.39, 0.29) is 23.5 Å². The Balaban J connectivity index is 1.90. The van der Waals surface area contributed by atoms with E-state index in [9.17, 15) is 15.3 Å². The molecule has 0 aliphatic heterocycles. The Kier molecular flexibility index (Phi) is 5.38. The minimum Gasteiger partial charge on any atom is -0.396 e. The normalized spacial score (nSPS) is 50.7. The van der Waals surface area contributed by atoms with Gasteiger partial charge in [-0.15, -0.1) is 0 Å². The monoisotopic (exact) mass is 351 g/mol. The summed E-state index contributed by atoms with van der Waals surface area (Å²) < 4.78 is 0. The van der Waals surface area contributed by atoms with Gasteiger partial charge in [-0.1, -0.05) is 26.0 Å². The third kappa shape index (κ3) is 2.99. The molecule has 4 heteroatoms. The zero-order valence-electron chi connectivity index (χ0n) is 16.0. The molecule has 3 rings (SSSR count). The van der Waals surface area contributed by atoms with Gasteiger partial charge in [0, 0.05) is 6.61 Å². The zero-order chi connectivity index (χ0) is 18.4. The second kappa shape index (κ2) is 6.95. The van der Waals surface area contributed by atoms with Gasteiger partial charge >= 0.3 is 0 Å². The molecule has 0 aromatic heterocycles. The predicted molar refractivity (Wildman–Crippen MR) is 99.8 cm³/mol. The largest absolute Gasteiger partial charge is 0.396 e. The Morgan fingerprint density at radius 3 is 2.44 bits per heavy atom. The number of hydrogen-bond donors (Lipinski definition) is 4. The van der Waals surface area contributed by atoms with Crippen LogP contribution in [0.1, 0.15) is 58.8 Å². The molecule has 0 heterocycles. The minimum atomic E-state index is -0.457. The van der Waals surface area contributed by atoms with Crippen molar-refractivity contribution in [3.8, 4) is 0 Å². The summed E-state index contributed by atoms with van der Waals surface area (Å²) in [5, 5.41) is 30.5. The van der Waals surface area contributed by atoms with Crippen LogP contribution >= 0.6 is 0 Å². The first-order valence-corrected chi connectivity index (χ1v) is 10.1. The van der Waals surface area contributed by atoms with Crippen molar-refractivity contribution in [2.45, 2.75) is 71.0 Å². The molecule has 0 radical (unpaired) electrons. The molecule has 25 heavy (non-hydrogen) atoms. The fourth-order valence-corrected chi connectivity index (χ4v) is 6.69. The highest BCUT2D eigenvalue weighted by Gasteiger charge is 2.58. The van der Waals surface area contributed by atoms with Crippen molar-refractivity contribution in [1.29, 1.82) is 0 Å². The average molecular weight is 352 g/mol. The van der Waals surface area contributed by atoms with Crippen molar-refractivity contribution in [3.05, 3.63) is 12.2 Å². The number of aliphatic hydroxyl groups is 3. The van der Waals surface area contributed by atoms with Crippen molar-refractivity contribution in [1.82, 2.24) is 0 Å². The van der Waals surface area contributed by atoms with E-state index in [2.05, 4.69) is 20.4 Å². The van der Waals surface area contributed by atoms with Gasteiger partial charge < -0.3 is 21.1 Å². The fraction of sp³-hybridized carbons (Fsp3) is 0.905. The molecule has 3 fully saturated rings. The topological polar surface area (TPSA) is 86.7 Å². The maximum absolute atomic E-state index is 10.8. The smallest absolute Gasteiger partial charge is 0.0621 e. The minimum absolute atomic E-state index is 0.121. The first kappa shape index (κ1) is 19.3. The summed E-state index contributed by atoms with van der Waals surface area (Å²) >= 11 is 0. The van der Waals surface area contributed by atoms with E-state index in [0.29, 0.717) is 36.6 Å². The van der Waals surface area contributed by atoms with Crippen LogP contribution in [0.3, 0.4) is 0 Å². The first-order chi connectivity index (χ1) is 11.8. The molecule has 0 bridgehead atoms. The summed E-state index contributed by atoms with van der Waals surface area (Å²) in [5.41, 5.74) is 7.29. The fourth-order valence-electron chi connectivity index (χ4n) is 6.69. The Labute approximate surface area is 152 Å². The van der Waals surface area contributed by atoms with Crippen molar-refractivity contribution >= 4 is 0 Å². The molecule has 3 aliphatic rings. The van der Waals surface area contributed by atoms with Gasteiger partial charge in [-0.2, -0.15) is 0 Å².